The average Bonchev–Trinajstić information content (AvgIpc) is 2.72. The molecule has 7 nitrogen and oxygen atoms in total. The lowest BCUT2D eigenvalue weighted by Gasteiger charge is -2.23. The molecule has 140 valence electrons. The Kier molecular flexibility index (Phi) is 5.49. The smallest absolute Gasteiger partial charge is 0.173 e. The highest BCUT2D eigenvalue weighted by atomic mass is 32.2. The van der Waals surface area contributed by atoms with E-state index in [0.717, 1.165) is 47.7 Å². The number of nitrogens with one attached hydrogen (secondary N) is 2. The SMILES string of the molecule is N[S+]([O-])c1ccc(-c2cc3nccnc3c(NCC3CCCNC3)n2)cc1. The van der Waals surface area contributed by atoms with E-state index in [1.54, 1.807) is 24.5 Å². The van der Waals surface area contributed by atoms with Gasteiger partial charge in [-0.2, -0.15) is 0 Å². The van der Waals surface area contributed by atoms with Gasteiger partial charge in [-0.05, 0) is 62.2 Å². The number of hydrogen-bond acceptors (Lipinski definition) is 7. The van der Waals surface area contributed by atoms with E-state index in [2.05, 4.69) is 20.6 Å². The largest absolute Gasteiger partial charge is 0.593 e. The van der Waals surface area contributed by atoms with Crippen LogP contribution in [-0.2, 0) is 11.4 Å². The van der Waals surface area contributed by atoms with Crippen LogP contribution >= 0.6 is 0 Å². The van der Waals surface area contributed by atoms with Crippen LogP contribution in [0.2, 0.25) is 0 Å². The highest BCUT2D eigenvalue weighted by Crippen LogP contribution is 2.26. The van der Waals surface area contributed by atoms with Gasteiger partial charge in [0, 0.05) is 24.5 Å². The molecule has 0 saturated carbocycles. The fourth-order valence-corrected chi connectivity index (χ4v) is 3.75. The minimum atomic E-state index is -1.49. The number of nitrogens with zero attached hydrogens (tertiary/aromatic N) is 3. The van der Waals surface area contributed by atoms with Crippen LogP contribution in [0.4, 0.5) is 5.82 Å². The Bertz CT molecular complexity index is 912. The van der Waals surface area contributed by atoms with Gasteiger partial charge in [-0.15, -0.1) is 5.14 Å². The van der Waals surface area contributed by atoms with E-state index in [-0.39, 0.29) is 0 Å². The van der Waals surface area contributed by atoms with Crippen LogP contribution in [0.5, 0.6) is 0 Å². The molecule has 3 heterocycles. The van der Waals surface area contributed by atoms with Crippen LogP contribution < -0.4 is 15.8 Å². The Labute approximate surface area is 161 Å². The Morgan fingerprint density at radius 3 is 2.78 bits per heavy atom. The highest BCUT2D eigenvalue weighted by molar-refractivity contribution is 7.89. The lowest BCUT2D eigenvalue weighted by Crippen LogP contribution is -2.33. The van der Waals surface area contributed by atoms with Gasteiger partial charge in [0.25, 0.3) is 0 Å². The third-order valence-corrected chi connectivity index (χ3v) is 5.53. The molecule has 3 aromatic rings. The number of piperidine rings is 1. The molecule has 1 aliphatic rings. The second-order valence-corrected chi connectivity index (χ2v) is 7.76. The van der Waals surface area contributed by atoms with Gasteiger partial charge < -0.3 is 15.2 Å². The lowest BCUT2D eigenvalue weighted by molar-refractivity contribution is 0.392. The molecule has 27 heavy (non-hydrogen) atoms. The van der Waals surface area contributed by atoms with Crippen LogP contribution in [0.15, 0.2) is 47.6 Å². The Balaban J connectivity index is 1.65. The van der Waals surface area contributed by atoms with Crippen molar-refractivity contribution in [1.82, 2.24) is 20.3 Å². The van der Waals surface area contributed by atoms with Crippen molar-refractivity contribution in [3.05, 3.63) is 42.7 Å². The summed E-state index contributed by atoms with van der Waals surface area (Å²) in [5, 5.41) is 12.3. The van der Waals surface area contributed by atoms with E-state index in [9.17, 15) is 4.55 Å². The third kappa shape index (κ3) is 4.19. The minimum Gasteiger partial charge on any atom is -0.593 e. The minimum absolute atomic E-state index is 0.578. The van der Waals surface area contributed by atoms with Gasteiger partial charge in [0.1, 0.15) is 5.52 Å². The first-order valence-corrected chi connectivity index (χ1v) is 10.2. The maximum absolute atomic E-state index is 11.4. The van der Waals surface area contributed by atoms with E-state index in [0.29, 0.717) is 10.8 Å². The van der Waals surface area contributed by atoms with Gasteiger partial charge in [-0.3, -0.25) is 4.98 Å². The van der Waals surface area contributed by atoms with Crippen molar-refractivity contribution < 1.29 is 4.55 Å². The summed E-state index contributed by atoms with van der Waals surface area (Å²) < 4.78 is 11.4. The molecule has 2 aromatic heterocycles. The predicted octanol–water partition coefficient (Wildman–Crippen LogP) is 2.08. The quantitative estimate of drug-likeness (QED) is 0.579. The molecule has 2 unspecified atom stereocenters. The van der Waals surface area contributed by atoms with Crippen molar-refractivity contribution in [1.29, 1.82) is 0 Å². The fraction of sp³-hybridized carbons (Fsp3) is 0.316. The first-order valence-electron chi connectivity index (χ1n) is 9.03. The highest BCUT2D eigenvalue weighted by Gasteiger charge is 2.15. The Morgan fingerprint density at radius 2 is 2.04 bits per heavy atom. The van der Waals surface area contributed by atoms with E-state index in [1.165, 1.54) is 12.8 Å². The molecule has 0 aliphatic carbocycles. The first kappa shape index (κ1) is 18.1. The maximum Gasteiger partial charge on any atom is 0.173 e. The van der Waals surface area contributed by atoms with Gasteiger partial charge in [-0.1, -0.05) is 0 Å². The predicted molar refractivity (Wildman–Crippen MR) is 107 cm³/mol. The summed E-state index contributed by atoms with van der Waals surface area (Å²) in [6, 6.07) is 9.19. The Morgan fingerprint density at radius 1 is 1.22 bits per heavy atom. The monoisotopic (exact) mass is 382 g/mol. The molecule has 4 rings (SSSR count). The van der Waals surface area contributed by atoms with Crippen molar-refractivity contribution in [3.8, 4) is 11.3 Å². The van der Waals surface area contributed by atoms with Crippen LogP contribution in [-0.4, -0.2) is 39.1 Å². The number of pyridine rings is 1. The molecule has 1 fully saturated rings. The van der Waals surface area contributed by atoms with E-state index >= 15 is 0 Å². The molecule has 1 saturated heterocycles. The van der Waals surface area contributed by atoms with Crippen molar-refractivity contribution in [3.63, 3.8) is 0 Å². The van der Waals surface area contributed by atoms with Gasteiger partial charge in [-0.25, -0.2) is 9.97 Å². The summed E-state index contributed by atoms with van der Waals surface area (Å²) in [6.07, 6.45) is 5.78. The number of aromatic nitrogens is 3. The van der Waals surface area contributed by atoms with Gasteiger partial charge in [0.2, 0.25) is 0 Å². The normalized spacial score (nSPS) is 18.4. The van der Waals surface area contributed by atoms with E-state index < -0.39 is 11.4 Å². The van der Waals surface area contributed by atoms with E-state index in [1.807, 2.05) is 18.2 Å². The summed E-state index contributed by atoms with van der Waals surface area (Å²) in [7, 11) is 0. The summed E-state index contributed by atoms with van der Waals surface area (Å²) in [6.45, 7) is 2.97. The van der Waals surface area contributed by atoms with Crippen LogP contribution in [0, 0.1) is 5.92 Å². The standard InChI is InChI=1S/C19H22N6OS/c20-27(26)15-5-3-14(4-6-15)16-10-17-18(23-9-8-22-17)19(25-16)24-12-13-2-1-7-21-11-13/h3-6,8-10,13,21H,1-2,7,11-12,20H2,(H,24,25). The molecule has 4 N–H and O–H groups in total. The van der Waals surface area contributed by atoms with Gasteiger partial charge in [0.15, 0.2) is 10.7 Å². The molecular formula is C19H22N6OS. The van der Waals surface area contributed by atoms with Gasteiger partial charge in [0.05, 0.1) is 22.6 Å². The third-order valence-electron chi connectivity index (χ3n) is 4.80. The number of anilines is 1. The van der Waals surface area contributed by atoms with Crippen molar-refractivity contribution in [2.45, 2.75) is 17.7 Å². The van der Waals surface area contributed by atoms with Crippen molar-refractivity contribution >= 4 is 28.2 Å². The lowest BCUT2D eigenvalue weighted by atomic mass is 10.00. The van der Waals surface area contributed by atoms with Crippen LogP contribution in [0.25, 0.3) is 22.3 Å². The number of hydrogen-bond donors (Lipinski definition) is 3. The second kappa shape index (κ2) is 8.18. The Hall–Kier alpha value is -2.26. The molecular weight excluding hydrogens is 360 g/mol. The zero-order valence-electron chi connectivity index (χ0n) is 14.9. The van der Waals surface area contributed by atoms with Crippen molar-refractivity contribution in [2.75, 3.05) is 25.0 Å². The molecule has 1 aromatic carbocycles. The summed E-state index contributed by atoms with van der Waals surface area (Å²) in [4.78, 5) is 14.3. The number of nitrogens with two attached hydrogens (primary N) is 1. The molecule has 8 heteroatoms. The number of fused-ring (bicyclic) bond motifs is 1. The van der Waals surface area contributed by atoms with Crippen LogP contribution in [0.3, 0.4) is 0 Å². The molecule has 0 spiro atoms. The van der Waals surface area contributed by atoms with Crippen LogP contribution in [0.1, 0.15) is 12.8 Å². The van der Waals surface area contributed by atoms with Crippen molar-refractivity contribution in [2.24, 2.45) is 11.1 Å². The fourth-order valence-electron chi connectivity index (χ4n) is 3.34. The van der Waals surface area contributed by atoms with E-state index in [4.69, 9.17) is 10.1 Å². The summed E-state index contributed by atoms with van der Waals surface area (Å²) in [5.41, 5.74) is 3.27. The number of rotatable bonds is 5. The molecule has 0 bridgehead atoms. The summed E-state index contributed by atoms with van der Waals surface area (Å²) in [5.74, 6) is 1.32. The second-order valence-electron chi connectivity index (χ2n) is 6.70. The molecule has 0 radical (unpaired) electrons. The maximum atomic E-state index is 11.4. The average molecular weight is 382 g/mol. The topological polar surface area (TPSA) is 112 Å². The zero-order chi connectivity index (χ0) is 18.6. The van der Waals surface area contributed by atoms with Gasteiger partial charge >= 0.3 is 0 Å². The number of benzene rings is 1. The molecule has 1 aliphatic heterocycles. The zero-order valence-corrected chi connectivity index (χ0v) is 15.7. The molecule has 2 atom stereocenters. The first-order chi connectivity index (χ1) is 13.2. The summed E-state index contributed by atoms with van der Waals surface area (Å²) >= 11 is -1.49. The molecule has 0 amide bonds.